The fraction of sp³-hybridized carbons (Fsp3) is 0. The van der Waals surface area contributed by atoms with Crippen LogP contribution in [0.5, 0.6) is 0 Å². The van der Waals surface area contributed by atoms with E-state index in [2.05, 4.69) is 15.1 Å². The molecule has 0 radical (unpaired) electrons. The summed E-state index contributed by atoms with van der Waals surface area (Å²) in [5.74, 6) is -1.52. The molecule has 0 aliphatic carbocycles. The van der Waals surface area contributed by atoms with E-state index in [4.69, 9.17) is 0 Å². The topological polar surface area (TPSA) is 85.7 Å². The predicted octanol–water partition coefficient (Wildman–Crippen LogP) is 4.91. The summed E-state index contributed by atoms with van der Waals surface area (Å²) in [5, 5.41) is 17.3. The number of nitro benzene ring substituents is 1. The Morgan fingerprint density at radius 2 is 1.97 bits per heavy atom. The lowest BCUT2D eigenvalue weighted by molar-refractivity contribution is -0.384. The molecule has 0 fully saturated rings. The number of rotatable bonds is 5. The van der Waals surface area contributed by atoms with Gasteiger partial charge in [0, 0.05) is 35.3 Å². The van der Waals surface area contributed by atoms with Crippen LogP contribution >= 0.6 is 11.3 Å². The normalized spacial score (nSPS) is 11.9. The van der Waals surface area contributed by atoms with Crippen LogP contribution in [0.15, 0.2) is 82.3 Å². The first-order valence-corrected chi connectivity index (χ1v) is 9.80. The standard InChI is InChI=1S/C21H13F2N5O2S/c22-15-7-8-19(18(23)11-15)26-21-27(25-12-16-5-1-2-9-24-16)20(13-31-21)14-4-3-6-17(10-14)28(29)30/h1-13H. The van der Waals surface area contributed by atoms with Gasteiger partial charge in [-0.25, -0.2) is 18.4 Å². The molecule has 31 heavy (non-hydrogen) atoms. The molecule has 0 unspecified atom stereocenters. The third-order valence-corrected chi connectivity index (χ3v) is 4.97. The Kier molecular flexibility index (Phi) is 5.72. The fourth-order valence-corrected chi connectivity index (χ4v) is 3.56. The molecule has 0 spiro atoms. The Hall–Kier alpha value is -4.05. The summed E-state index contributed by atoms with van der Waals surface area (Å²) in [6.07, 6.45) is 3.11. The predicted molar refractivity (Wildman–Crippen MR) is 113 cm³/mol. The summed E-state index contributed by atoms with van der Waals surface area (Å²) in [6.45, 7) is 0. The third-order valence-electron chi connectivity index (χ3n) is 4.16. The molecule has 0 N–H and O–H groups in total. The van der Waals surface area contributed by atoms with Crippen molar-refractivity contribution in [3.05, 3.63) is 104 Å². The van der Waals surface area contributed by atoms with Gasteiger partial charge < -0.3 is 0 Å². The van der Waals surface area contributed by atoms with E-state index in [0.717, 1.165) is 23.5 Å². The first kappa shape index (κ1) is 20.2. The van der Waals surface area contributed by atoms with E-state index in [1.807, 2.05) is 0 Å². The van der Waals surface area contributed by atoms with Crippen LogP contribution in [0.2, 0.25) is 0 Å². The second-order valence-electron chi connectivity index (χ2n) is 6.23. The summed E-state index contributed by atoms with van der Waals surface area (Å²) < 4.78 is 28.8. The van der Waals surface area contributed by atoms with Gasteiger partial charge in [0.15, 0.2) is 5.82 Å². The van der Waals surface area contributed by atoms with Crippen molar-refractivity contribution in [1.82, 2.24) is 9.66 Å². The molecule has 0 saturated carbocycles. The molecule has 2 heterocycles. The lowest BCUT2D eigenvalue weighted by Crippen LogP contribution is -2.12. The Labute approximate surface area is 178 Å². The first-order valence-electron chi connectivity index (χ1n) is 8.92. The van der Waals surface area contributed by atoms with Gasteiger partial charge in [0.1, 0.15) is 11.5 Å². The van der Waals surface area contributed by atoms with Gasteiger partial charge >= 0.3 is 0 Å². The smallest absolute Gasteiger partial charge is 0.258 e. The van der Waals surface area contributed by atoms with E-state index >= 15 is 0 Å². The summed E-state index contributed by atoms with van der Waals surface area (Å²) in [5.41, 5.74) is 1.49. The minimum Gasteiger partial charge on any atom is -0.258 e. The van der Waals surface area contributed by atoms with Crippen LogP contribution in [0.25, 0.3) is 11.3 Å². The van der Waals surface area contributed by atoms with Crippen LogP contribution in [0.1, 0.15) is 5.69 Å². The number of nitrogens with zero attached hydrogens (tertiary/aromatic N) is 5. The molecule has 0 aliphatic heterocycles. The van der Waals surface area contributed by atoms with Crippen LogP contribution in [0.3, 0.4) is 0 Å². The van der Waals surface area contributed by atoms with E-state index in [1.54, 1.807) is 41.9 Å². The molecule has 0 aliphatic rings. The number of non-ortho nitro benzene ring substituents is 1. The Bertz CT molecular complexity index is 1350. The van der Waals surface area contributed by atoms with Crippen LogP contribution in [0, 0.1) is 21.7 Å². The first-order chi connectivity index (χ1) is 15.0. The fourth-order valence-electron chi connectivity index (χ4n) is 2.71. The summed E-state index contributed by atoms with van der Waals surface area (Å²) in [7, 11) is 0. The van der Waals surface area contributed by atoms with Crippen molar-refractivity contribution in [2.75, 3.05) is 0 Å². The van der Waals surface area contributed by atoms with Gasteiger partial charge in [-0.2, -0.15) is 5.10 Å². The van der Waals surface area contributed by atoms with Crippen LogP contribution < -0.4 is 4.80 Å². The number of hydrogen-bond acceptors (Lipinski definition) is 6. The maximum Gasteiger partial charge on any atom is 0.270 e. The van der Waals surface area contributed by atoms with Crippen molar-refractivity contribution in [2.24, 2.45) is 10.1 Å². The number of nitro groups is 1. The molecule has 0 atom stereocenters. The van der Waals surface area contributed by atoms with Gasteiger partial charge in [-0.05, 0) is 24.3 Å². The lowest BCUT2D eigenvalue weighted by Gasteiger charge is -2.04. The molecule has 154 valence electrons. The molecule has 2 aromatic heterocycles. The van der Waals surface area contributed by atoms with Crippen molar-refractivity contribution in [1.29, 1.82) is 0 Å². The van der Waals surface area contributed by atoms with Gasteiger partial charge in [-0.1, -0.05) is 18.2 Å². The van der Waals surface area contributed by atoms with E-state index in [9.17, 15) is 18.9 Å². The highest BCUT2D eigenvalue weighted by Gasteiger charge is 2.13. The highest BCUT2D eigenvalue weighted by Crippen LogP contribution is 2.25. The van der Waals surface area contributed by atoms with Crippen molar-refractivity contribution in [3.63, 3.8) is 0 Å². The molecule has 0 amide bonds. The minimum absolute atomic E-state index is 0.0596. The molecule has 0 saturated heterocycles. The summed E-state index contributed by atoms with van der Waals surface area (Å²) in [6, 6.07) is 14.5. The number of hydrogen-bond donors (Lipinski definition) is 0. The van der Waals surface area contributed by atoms with Crippen LogP contribution in [0.4, 0.5) is 20.2 Å². The molecular weight excluding hydrogens is 424 g/mol. The largest absolute Gasteiger partial charge is 0.270 e. The average Bonchev–Trinajstić information content (AvgIpc) is 3.17. The van der Waals surface area contributed by atoms with Gasteiger partial charge in [0.25, 0.3) is 5.69 Å². The zero-order valence-corrected chi connectivity index (χ0v) is 16.5. The van der Waals surface area contributed by atoms with Gasteiger partial charge in [0.2, 0.25) is 4.80 Å². The summed E-state index contributed by atoms with van der Waals surface area (Å²) in [4.78, 5) is 19.4. The Balaban J connectivity index is 1.88. The Morgan fingerprint density at radius 1 is 1.10 bits per heavy atom. The van der Waals surface area contributed by atoms with Crippen LogP contribution in [-0.4, -0.2) is 20.8 Å². The Morgan fingerprint density at radius 3 is 2.71 bits per heavy atom. The number of benzene rings is 2. The van der Waals surface area contributed by atoms with E-state index < -0.39 is 16.6 Å². The number of aromatic nitrogens is 2. The second kappa shape index (κ2) is 8.76. The van der Waals surface area contributed by atoms with Crippen molar-refractivity contribution in [2.45, 2.75) is 0 Å². The van der Waals surface area contributed by atoms with Gasteiger partial charge in [-0.15, -0.1) is 11.3 Å². The number of thiazole rings is 1. The molecule has 0 bridgehead atoms. The maximum absolute atomic E-state index is 14.1. The van der Waals surface area contributed by atoms with Gasteiger partial charge in [0.05, 0.1) is 22.5 Å². The zero-order valence-electron chi connectivity index (χ0n) is 15.7. The highest BCUT2D eigenvalue weighted by atomic mass is 32.1. The van der Waals surface area contributed by atoms with Crippen LogP contribution in [-0.2, 0) is 0 Å². The van der Waals surface area contributed by atoms with E-state index in [-0.39, 0.29) is 11.4 Å². The molecule has 4 aromatic rings. The lowest BCUT2D eigenvalue weighted by atomic mass is 10.1. The second-order valence-corrected chi connectivity index (χ2v) is 7.07. The SMILES string of the molecule is O=[N+]([O-])c1cccc(-c2csc(=Nc3ccc(F)cc3F)n2N=Cc2ccccn2)c1. The van der Waals surface area contributed by atoms with Crippen molar-refractivity contribution < 1.29 is 13.7 Å². The summed E-state index contributed by atoms with van der Waals surface area (Å²) >= 11 is 1.16. The molecule has 4 rings (SSSR count). The zero-order chi connectivity index (χ0) is 21.8. The molecule has 7 nitrogen and oxygen atoms in total. The molecular formula is C21H13F2N5O2S. The quantitative estimate of drug-likeness (QED) is 0.252. The monoisotopic (exact) mass is 437 g/mol. The maximum atomic E-state index is 14.1. The highest BCUT2D eigenvalue weighted by molar-refractivity contribution is 7.07. The number of pyridine rings is 1. The van der Waals surface area contributed by atoms with Gasteiger partial charge in [-0.3, -0.25) is 15.1 Å². The van der Waals surface area contributed by atoms with Crippen molar-refractivity contribution in [3.8, 4) is 11.3 Å². The van der Waals surface area contributed by atoms with E-state index in [1.165, 1.54) is 29.1 Å². The minimum atomic E-state index is -0.814. The van der Waals surface area contributed by atoms with E-state index in [0.29, 0.717) is 21.8 Å². The average molecular weight is 437 g/mol. The molecule has 10 heteroatoms. The number of halogens is 2. The van der Waals surface area contributed by atoms with Crippen molar-refractivity contribution >= 4 is 28.9 Å². The molecule has 2 aromatic carbocycles. The third kappa shape index (κ3) is 4.59.